The molecular formula is C25H18ClF4N3O4. The SMILES string of the molecule is O=C1COc2cc(F)c(C(=O)N3CC(COc4ccc(Cl)cc4-c4cnc(C(F)(F)F)nc4)C3)cc2C1. The predicted molar refractivity (Wildman–Crippen MR) is 123 cm³/mol. The molecule has 1 fully saturated rings. The molecule has 0 spiro atoms. The fourth-order valence-corrected chi connectivity index (χ4v) is 4.32. The van der Waals surface area contributed by atoms with E-state index in [0.717, 1.165) is 18.5 Å². The Morgan fingerprint density at radius 1 is 1.16 bits per heavy atom. The quantitative estimate of drug-likeness (QED) is 0.444. The number of Topliss-reactive ketones (excluding diaryl/α,β-unsaturated/α-hetero) is 1. The van der Waals surface area contributed by atoms with Gasteiger partial charge in [-0.25, -0.2) is 14.4 Å². The van der Waals surface area contributed by atoms with Crippen molar-refractivity contribution in [1.82, 2.24) is 14.9 Å². The lowest BCUT2D eigenvalue weighted by Gasteiger charge is -2.39. The van der Waals surface area contributed by atoms with E-state index in [1.807, 2.05) is 0 Å². The van der Waals surface area contributed by atoms with E-state index in [-0.39, 0.29) is 42.6 Å². The van der Waals surface area contributed by atoms with Gasteiger partial charge in [0.2, 0.25) is 5.82 Å². The molecule has 2 aliphatic rings. The van der Waals surface area contributed by atoms with Gasteiger partial charge in [-0.1, -0.05) is 11.6 Å². The predicted octanol–water partition coefficient (Wildman–Crippen LogP) is 4.61. The lowest BCUT2D eigenvalue weighted by atomic mass is 9.97. The van der Waals surface area contributed by atoms with Crippen LogP contribution in [-0.2, 0) is 17.4 Å². The highest BCUT2D eigenvalue weighted by Crippen LogP contribution is 2.34. The second-order valence-corrected chi connectivity index (χ2v) is 9.20. The average Bonchev–Trinajstić information content (AvgIpc) is 2.83. The molecule has 2 aliphatic heterocycles. The Labute approximate surface area is 213 Å². The minimum atomic E-state index is -4.66. The number of likely N-dealkylation sites (tertiary alicyclic amines) is 1. The molecule has 5 rings (SSSR count). The van der Waals surface area contributed by atoms with Gasteiger partial charge in [0, 0.05) is 65.6 Å². The monoisotopic (exact) mass is 535 g/mol. The zero-order valence-corrected chi connectivity index (χ0v) is 19.8. The van der Waals surface area contributed by atoms with Crippen LogP contribution in [0.5, 0.6) is 11.5 Å². The van der Waals surface area contributed by atoms with Gasteiger partial charge < -0.3 is 14.4 Å². The van der Waals surface area contributed by atoms with E-state index in [2.05, 4.69) is 9.97 Å². The molecule has 0 aliphatic carbocycles. The standard InChI is InChI=1S/C25H18ClF4N3O4/c26-16-1-2-21(18(5-16)15-7-31-24(32-8-15)25(28,29)30)36-11-13-9-33(10-13)23(35)19-4-14-3-17(34)12-37-22(14)6-20(19)27/h1-2,4-8,13H,3,9-12H2. The molecule has 1 aromatic heterocycles. The van der Waals surface area contributed by atoms with E-state index in [0.29, 0.717) is 40.6 Å². The molecule has 2 aromatic carbocycles. The summed E-state index contributed by atoms with van der Waals surface area (Å²) < 4.78 is 64.0. The van der Waals surface area contributed by atoms with E-state index in [9.17, 15) is 27.2 Å². The van der Waals surface area contributed by atoms with Crippen molar-refractivity contribution in [1.29, 1.82) is 0 Å². The number of fused-ring (bicyclic) bond motifs is 1. The Balaban J connectivity index is 1.23. The molecule has 37 heavy (non-hydrogen) atoms. The second-order valence-electron chi connectivity index (χ2n) is 8.76. The highest BCUT2D eigenvalue weighted by Gasteiger charge is 2.35. The molecule has 3 aromatic rings. The molecule has 1 saturated heterocycles. The average molecular weight is 536 g/mol. The number of alkyl halides is 3. The van der Waals surface area contributed by atoms with Gasteiger partial charge >= 0.3 is 6.18 Å². The van der Waals surface area contributed by atoms with Gasteiger partial charge in [-0.2, -0.15) is 13.2 Å². The maximum absolute atomic E-state index is 14.5. The number of hydrogen-bond donors (Lipinski definition) is 0. The maximum Gasteiger partial charge on any atom is 0.451 e. The number of nitrogens with zero attached hydrogens (tertiary/aromatic N) is 3. The van der Waals surface area contributed by atoms with Crippen LogP contribution in [0.3, 0.4) is 0 Å². The Kier molecular flexibility index (Phi) is 6.49. The topological polar surface area (TPSA) is 81.6 Å². The molecule has 0 saturated carbocycles. The third-order valence-corrected chi connectivity index (χ3v) is 6.27. The number of aromatic nitrogens is 2. The van der Waals surface area contributed by atoms with Crippen LogP contribution < -0.4 is 9.47 Å². The Hall–Kier alpha value is -3.73. The number of hydrogen-bond acceptors (Lipinski definition) is 6. The van der Waals surface area contributed by atoms with Crippen LogP contribution in [0, 0.1) is 11.7 Å². The molecule has 0 bridgehead atoms. The summed E-state index contributed by atoms with van der Waals surface area (Å²) >= 11 is 6.07. The van der Waals surface area contributed by atoms with E-state index in [1.54, 1.807) is 12.1 Å². The number of amides is 1. The van der Waals surface area contributed by atoms with Crippen LogP contribution in [-0.4, -0.2) is 52.9 Å². The van der Waals surface area contributed by atoms with Crippen molar-refractivity contribution in [3.8, 4) is 22.6 Å². The molecule has 3 heterocycles. The van der Waals surface area contributed by atoms with Crippen molar-refractivity contribution in [2.45, 2.75) is 12.6 Å². The summed E-state index contributed by atoms with van der Waals surface area (Å²) in [5.41, 5.74) is 1.06. The number of halogens is 5. The van der Waals surface area contributed by atoms with Crippen LogP contribution in [0.15, 0.2) is 42.7 Å². The van der Waals surface area contributed by atoms with Crippen molar-refractivity contribution >= 4 is 23.3 Å². The third-order valence-electron chi connectivity index (χ3n) is 6.03. The summed E-state index contributed by atoms with van der Waals surface area (Å²) in [7, 11) is 0. The Morgan fingerprint density at radius 3 is 2.59 bits per heavy atom. The van der Waals surface area contributed by atoms with Crippen molar-refractivity contribution < 1.29 is 36.6 Å². The first-order valence-electron chi connectivity index (χ1n) is 11.2. The molecule has 192 valence electrons. The molecule has 1 amide bonds. The fourth-order valence-electron chi connectivity index (χ4n) is 4.14. The van der Waals surface area contributed by atoms with Crippen LogP contribution in [0.4, 0.5) is 17.6 Å². The first-order chi connectivity index (χ1) is 17.6. The fraction of sp³-hybridized carbons (Fsp3) is 0.280. The summed E-state index contributed by atoms with van der Waals surface area (Å²) in [6, 6.07) is 7.19. The number of ether oxygens (including phenoxy) is 2. The largest absolute Gasteiger partial charge is 0.493 e. The van der Waals surface area contributed by atoms with Crippen LogP contribution in [0.2, 0.25) is 5.02 Å². The Morgan fingerprint density at radius 2 is 1.89 bits per heavy atom. The molecule has 0 radical (unpaired) electrons. The van der Waals surface area contributed by atoms with Crippen molar-refractivity contribution in [3.05, 3.63) is 70.5 Å². The van der Waals surface area contributed by atoms with Gasteiger partial charge in [0.1, 0.15) is 23.9 Å². The molecule has 0 atom stereocenters. The minimum Gasteiger partial charge on any atom is -0.493 e. The zero-order valence-electron chi connectivity index (χ0n) is 19.0. The van der Waals surface area contributed by atoms with Gasteiger partial charge in [0.05, 0.1) is 12.2 Å². The molecular weight excluding hydrogens is 518 g/mol. The second kappa shape index (κ2) is 9.62. The number of benzene rings is 2. The first kappa shape index (κ1) is 24.9. The molecule has 12 heteroatoms. The lowest BCUT2D eigenvalue weighted by molar-refractivity contribution is -0.145. The van der Waals surface area contributed by atoms with E-state index < -0.39 is 23.7 Å². The third kappa shape index (κ3) is 5.22. The number of carbonyl (C=O) groups is 2. The van der Waals surface area contributed by atoms with E-state index >= 15 is 0 Å². The lowest BCUT2D eigenvalue weighted by Crippen LogP contribution is -2.52. The van der Waals surface area contributed by atoms with Crippen LogP contribution >= 0.6 is 11.6 Å². The van der Waals surface area contributed by atoms with E-state index in [4.69, 9.17) is 21.1 Å². The smallest absolute Gasteiger partial charge is 0.451 e. The van der Waals surface area contributed by atoms with Crippen molar-refractivity contribution in [3.63, 3.8) is 0 Å². The molecule has 7 nitrogen and oxygen atoms in total. The van der Waals surface area contributed by atoms with E-state index in [1.165, 1.54) is 17.0 Å². The van der Waals surface area contributed by atoms with Crippen LogP contribution in [0.25, 0.3) is 11.1 Å². The first-order valence-corrected chi connectivity index (χ1v) is 11.5. The summed E-state index contributed by atoms with van der Waals surface area (Å²) in [6.45, 7) is 0.720. The van der Waals surface area contributed by atoms with Gasteiger partial charge in [-0.05, 0) is 24.3 Å². The highest BCUT2D eigenvalue weighted by molar-refractivity contribution is 6.31. The van der Waals surface area contributed by atoms with Gasteiger partial charge in [0.25, 0.3) is 5.91 Å². The van der Waals surface area contributed by atoms with Gasteiger partial charge in [-0.3, -0.25) is 9.59 Å². The van der Waals surface area contributed by atoms with Crippen molar-refractivity contribution in [2.75, 3.05) is 26.3 Å². The van der Waals surface area contributed by atoms with Gasteiger partial charge in [-0.15, -0.1) is 0 Å². The number of ketones is 1. The summed E-state index contributed by atoms with van der Waals surface area (Å²) in [5.74, 6) is -2.05. The minimum absolute atomic E-state index is 0.0538. The highest BCUT2D eigenvalue weighted by atomic mass is 35.5. The summed E-state index contributed by atoms with van der Waals surface area (Å²) in [4.78, 5) is 32.7. The summed E-state index contributed by atoms with van der Waals surface area (Å²) in [5, 5.41) is 0.349. The number of rotatable bonds is 5. The van der Waals surface area contributed by atoms with Gasteiger partial charge in [0.15, 0.2) is 5.78 Å². The maximum atomic E-state index is 14.5. The summed E-state index contributed by atoms with van der Waals surface area (Å²) in [6.07, 6.45) is -2.49. The number of carbonyl (C=O) groups excluding carboxylic acids is 2. The Bertz CT molecular complexity index is 1380. The van der Waals surface area contributed by atoms with Crippen molar-refractivity contribution in [2.24, 2.45) is 5.92 Å². The molecule has 0 unspecified atom stereocenters. The normalized spacial score (nSPS) is 15.6. The molecule has 0 N–H and O–H groups in total. The zero-order chi connectivity index (χ0) is 26.3. The van der Waals surface area contributed by atoms with Crippen LogP contribution in [0.1, 0.15) is 21.7 Å².